The Hall–Kier alpha value is -4.80. The van der Waals surface area contributed by atoms with Crippen molar-refractivity contribution in [3.05, 3.63) is 128 Å². The largest absolute Gasteiger partial charge is 0.299 e. The molecule has 5 aromatic carbocycles. The van der Waals surface area contributed by atoms with Gasteiger partial charge in [-0.3, -0.25) is 4.40 Å². The lowest BCUT2D eigenvalue weighted by Crippen LogP contribution is -1.89. The third kappa shape index (κ3) is 3.35. The molecule has 38 heavy (non-hydrogen) atoms. The molecule has 3 nitrogen and oxygen atoms in total. The van der Waals surface area contributed by atoms with Crippen LogP contribution in [0.4, 0.5) is 0 Å². The first-order valence-corrected chi connectivity index (χ1v) is 13.5. The number of imidazole rings is 1. The Balaban J connectivity index is 1.26. The minimum absolute atomic E-state index is 0.960. The number of aromatic nitrogens is 3. The van der Waals surface area contributed by atoms with Crippen LogP contribution in [0.2, 0.25) is 0 Å². The van der Waals surface area contributed by atoms with Crippen LogP contribution in [-0.4, -0.2) is 14.4 Å². The molecule has 0 aliphatic rings. The second kappa shape index (κ2) is 8.37. The van der Waals surface area contributed by atoms with Crippen molar-refractivity contribution in [2.24, 2.45) is 0 Å². The second-order valence-electron chi connectivity index (χ2n) is 9.53. The van der Waals surface area contributed by atoms with Crippen molar-refractivity contribution in [1.82, 2.24) is 14.4 Å². The summed E-state index contributed by atoms with van der Waals surface area (Å²) in [6.45, 7) is 0. The molecule has 0 spiro atoms. The summed E-state index contributed by atoms with van der Waals surface area (Å²) in [6.07, 6.45) is 2.10. The Labute approximate surface area is 223 Å². The van der Waals surface area contributed by atoms with E-state index in [0.29, 0.717) is 0 Å². The van der Waals surface area contributed by atoms with Gasteiger partial charge in [-0.1, -0.05) is 84.9 Å². The molecule has 0 aliphatic heterocycles. The molecule has 3 aromatic heterocycles. The van der Waals surface area contributed by atoms with Crippen molar-refractivity contribution in [1.29, 1.82) is 0 Å². The number of hydrogen-bond donors (Lipinski definition) is 0. The van der Waals surface area contributed by atoms with Crippen LogP contribution in [0, 0.1) is 0 Å². The Bertz CT molecular complexity index is 2100. The van der Waals surface area contributed by atoms with Crippen molar-refractivity contribution in [2.45, 2.75) is 0 Å². The fraction of sp³-hybridized carbons (Fsp3) is 0. The number of thiazole rings is 1. The van der Waals surface area contributed by atoms with E-state index in [2.05, 4.69) is 120 Å². The van der Waals surface area contributed by atoms with E-state index in [0.717, 1.165) is 32.8 Å². The summed E-state index contributed by atoms with van der Waals surface area (Å²) in [6, 6.07) is 42.9. The number of hydrogen-bond acceptors (Lipinski definition) is 3. The van der Waals surface area contributed by atoms with Crippen LogP contribution in [0.5, 0.6) is 0 Å². The van der Waals surface area contributed by atoms with Crippen LogP contribution in [0.3, 0.4) is 0 Å². The molecule has 0 atom stereocenters. The van der Waals surface area contributed by atoms with Gasteiger partial charge < -0.3 is 0 Å². The van der Waals surface area contributed by atoms with Gasteiger partial charge in [0, 0.05) is 22.7 Å². The summed E-state index contributed by atoms with van der Waals surface area (Å²) in [7, 11) is 0. The smallest absolute Gasteiger partial charge is 0.137 e. The third-order valence-corrected chi connectivity index (χ3v) is 8.32. The number of fused-ring (bicyclic) bond motifs is 6. The first-order chi connectivity index (χ1) is 18.8. The molecule has 0 unspecified atom stereocenters. The van der Waals surface area contributed by atoms with Gasteiger partial charge in [0.05, 0.1) is 21.3 Å². The Morgan fingerprint density at radius 3 is 2.29 bits per heavy atom. The Kier molecular flexibility index (Phi) is 4.69. The van der Waals surface area contributed by atoms with Crippen molar-refractivity contribution < 1.29 is 0 Å². The molecular weight excluding hydrogens is 482 g/mol. The van der Waals surface area contributed by atoms with E-state index < -0.39 is 0 Å². The van der Waals surface area contributed by atoms with Gasteiger partial charge >= 0.3 is 0 Å². The van der Waals surface area contributed by atoms with Gasteiger partial charge in [0.1, 0.15) is 10.7 Å². The van der Waals surface area contributed by atoms with Crippen molar-refractivity contribution in [3.8, 4) is 32.8 Å². The summed E-state index contributed by atoms with van der Waals surface area (Å²) in [4.78, 5) is 9.85. The highest BCUT2D eigenvalue weighted by molar-refractivity contribution is 7.21. The average molecular weight is 504 g/mol. The quantitative estimate of drug-likeness (QED) is 0.240. The molecule has 0 bridgehead atoms. The van der Waals surface area contributed by atoms with Gasteiger partial charge in [-0.25, -0.2) is 9.97 Å². The Morgan fingerprint density at radius 2 is 1.37 bits per heavy atom. The zero-order valence-corrected chi connectivity index (χ0v) is 21.2. The number of rotatable bonds is 3. The predicted octanol–water partition coefficient (Wildman–Crippen LogP) is 9.25. The normalized spacial score (nSPS) is 11.7. The van der Waals surface area contributed by atoms with Gasteiger partial charge in [0.25, 0.3) is 0 Å². The minimum atomic E-state index is 0.960. The van der Waals surface area contributed by atoms with Gasteiger partial charge in [0.15, 0.2) is 0 Å². The van der Waals surface area contributed by atoms with E-state index in [1.54, 1.807) is 11.3 Å². The maximum Gasteiger partial charge on any atom is 0.137 e. The molecule has 0 aliphatic carbocycles. The van der Waals surface area contributed by atoms with Gasteiger partial charge in [0.2, 0.25) is 0 Å². The second-order valence-corrected chi connectivity index (χ2v) is 10.6. The maximum absolute atomic E-state index is 5.02. The van der Waals surface area contributed by atoms with Crippen LogP contribution < -0.4 is 0 Å². The third-order valence-electron chi connectivity index (χ3n) is 7.23. The maximum atomic E-state index is 5.02. The summed E-state index contributed by atoms with van der Waals surface area (Å²) in [5.41, 5.74) is 10.1. The highest BCUT2D eigenvalue weighted by atomic mass is 32.1. The monoisotopic (exact) mass is 503 g/mol. The van der Waals surface area contributed by atoms with Crippen LogP contribution in [0.1, 0.15) is 0 Å². The molecule has 8 rings (SSSR count). The number of pyridine rings is 1. The fourth-order valence-corrected chi connectivity index (χ4v) is 6.36. The highest BCUT2D eigenvalue weighted by Crippen LogP contribution is 2.37. The molecule has 178 valence electrons. The van der Waals surface area contributed by atoms with E-state index in [1.165, 1.54) is 37.7 Å². The summed E-state index contributed by atoms with van der Waals surface area (Å²) in [5, 5.41) is 3.43. The van der Waals surface area contributed by atoms with Crippen molar-refractivity contribution in [3.63, 3.8) is 0 Å². The van der Waals surface area contributed by atoms with Gasteiger partial charge in [-0.15, -0.1) is 11.3 Å². The molecule has 0 radical (unpaired) electrons. The lowest BCUT2D eigenvalue weighted by Gasteiger charge is -2.10. The lowest BCUT2D eigenvalue weighted by molar-refractivity contribution is 1.23. The first kappa shape index (κ1) is 21.3. The van der Waals surface area contributed by atoms with Crippen LogP contribution in [0.25, 0.3) is 70.5 Å². The van der Waals surface area contributed by atoms with Crippen LogP contribution >= 0.6 is 11.3 Å². The number of benzene rings is 5. The molecule has 0 fully saturated rings. The topological polar surface area (TPSA) is 30.2 Å². The molecule has 3 heterocycles. The molecule has 4 heteroatoms. The van der Waals surface area contributed by atoms with Crippen LogP contribution in [-0.2, 0) is 0 Å². The fourth-order valence-electron chi connectivity index (χ4n) is 5.39. The SMILES string of the molecule is c1cc(-c2ccc(-c3nc4ccccc4s3)cc2)cc(-c2cc3ccccc3c3nc4ccccn4c23)c1. The van der Waals surface area contributed by atoms with Crippen LogP contribution in [0.15, 0.2) is 128 Å². The minimum Gasteiger partial charge on any atom is -0.299 e. The summed E-state index contributed by atoms with van der Waals surface area (Å²) >= 11 is 1.74. The number of nitrogens with zero attached hydrogens (tertiary/aromatic N) is 3. The number of para-hydroxylation sites is 1. The first-order valence-electron chi connectivity index (χ1n) is 12.7. The van der Waals surface area contributed by atoms with E-state index >= 15 is 0 Å². The molecule has 0 saturated heterocycles. The average Bonchev–Trinajstić information content (AvgIpc) is 3.59. The zero-order chi connectivity index (χ0) is 25.1. The van der Waals surface area contributed by atoms with E-state index in [9.17, 15) is 0 Å². The highest BCUT2D eigenvalue weighted by Gasteiger charge is 2.15. The summed E-state index contributed by atoms with van der Waals surface area (Å²) in [5.74, 6) is 0. The van der Waals surface area contributed by atoms with Crippen molar-refractivity contribution in [2.75, 3.05) is 0 Å². The molecule has 0 saturated carbocycles. The van der Waals surface area contributed by atoms with E-state index in [1.807, 2.05) is 12.1 Å². The standard InChI is InChI=1S/C34H21N3S/c1-2-11-27-26(8-1)21-28(33-32(27)36-31-14-5-6-19-37(31)33)25-10-7-9-24(20-25)22-15-17-23(18-16-22)34-35-29-12-3-4-13-30(29)38-34/h1-21H. The van der Waals surface area contributed by atoms with E-state index in [4.69, 9.17) is 9.97 Å². The summed E-state index contributed by atoms with van der Waals surface area (Å²) < 4.78 is 3.42. The van der Waals surface area contributed by atoms with Crippen molar-refractivity contribution >= 4 is 49.0 Å². The Morgan fingerprint density at radius 1 is 0.579 bits per heavy atom. The molecule has 0 amide bonds. The molecule has 0 N–H and O–H groups in total. The van der Waals surface area contributed by atoms with Gasteiger partial charge in [-0.05, 0) is 58.5 Å². The predicted molar refractivity (Wildman–Crippen MR) is 160 cm³/mol. The lowest BCUT2D eigenvalue weighted by atomic mass is 9.95. The molecular formula is C34H21N3S. The molecule has 8 aromatic rings. The van der Waals surface area contributed by atoms with Gasteiger partial charge in [-0.2, -0.15) is 0 Å². The van der Waals surface area contributed by atoms with E-state index in [-0.39, 0.29) is 0 Å². The zero-order valence-electron chi connectivity index (χ0n) is 20.4.